The van der Waals surface area contributed by atoms with Gasteiger partial charge in [-0.1, -0.05) is 41.9 Å². The number of aromatic nitrogens is 2. The molecule has 1 aromatic carbocycles. The Labute approximate surface area is 153 Å². The third-order valence-electron chi connectivity index (χ3n) is 5.29. The number of hydrogen-bond acceptors (Lipinski definition) is 5. The summed E-state index contributed by atoms with van der Waals surface area (Å²) in [5, 5.41) is 13.9. The highest BCUT2D eigenvalue weighted by Gasteiger charge is 2.47. The maximum Gasteiger partial charge on any atom is 0.223 e. The summed E-state index contributed by atoms with van der Waals surface area (Å²) in [6.45, 7) is 2.52. The van der Waals surface area contributed by atoms with Gasteiger partial charge in [0.15, 0.2) is 0 Å². The van der Waals surface area contributed by atoms with Crippen LogP contribution in [0.15, 0.2) is 36.4 Å². The zero-order valence-electron chi connectivity index (χ0n) is 14.5. The molecule has 134 valence electrons. The molecule has 3 rings (SSSR count). The Hall–Kier alpha value is -1.85. The van der Waals surface area contributed by atoms with E-state index in [0.29, 0.717) is 23.4 Å². The fourth-order valence-electron chi connectivity index (χ4n) is 3.74. The minimum atomic E-state index is -0.373. The Morgan fingerprint density at radius 1 is 1.32 bits per heavy atom. The first-order valence-electron chi connectivity index (χ1n) is 8.73. The van der Waals surface area contributed by atoms with Crippen molar-refractivity contribution in [2.24, 2.45) is 11.3 Å². The molecule has 0 aliphatic heterocycles. The van der Waals surface area contributed by atoms with Gasteiger partial charge in [-0.2, -0.15) is 4.98 Å². The largest absolute Gasteiger partial charge is 0.393 e. The monoisotopic (exact) mass is 360 g/mol. The van der Waals surface area contributed by atoms with Crippen LogP contribution in [0.3, 0.4) is 0 Å². The van der Waals surface area contributed by atoms with Crippen LogP contribution in [0.5, 0.6) is 0 Å². The molecule has 6 heteroatoms. The maximum absolute atomic E-state index is 10.3. The second kappa shape index (κ2) is 7.58. The molecule has 2 aromatic rings. The van der Waals surface area contributed by atoms with E-state index in [9.17, 15) is 5.11 Å². The first kappa shape index (κ1) is 18.0. The summed E-state index contributed by atoms with van der Waals surface area (Å²) in [7, 11) is 0. The van der Waals surface area contributed by atoms with Crippen LogP contribution in [0.1, 0.15) is 31.7 Å². The van der Waals surface area contributed by atoms with Crippen molar-refractivity contribution < 1.29 is 5.11 Å². The summed E-state index contributed by atoms with van der Waals surface area (Å²) >= 11 is 5.91. The number of aliphatic hydroxyl groups excluding tert-OH is 1. The maximum atomic E-state index is 10.3. The zero-order chi connectivity index (χ0) is 17.9. The topological polar surface area (TPSA) is 84.1 Å². The molecule has 1 aliphatic carbocycles. The summed E-state index contributed by atoms with van der Waals surface area (Å²) in [6.07, 6.45) is 3.90. The van der Waals surface area contributed by atoms with Gasteiger partial charge in [-0.15, -0.1) is 0 Å². The van der Waals surface area contributed by atoms with E-state index in [1.54, 1.807) is 6.07 Å². The van der Waals surface area contributed by atoms with Crippen LogP contribution in [0, 0.1) is 11.3 Å². The van der Waals surface area contributed by atoms with Gasteiger partial charge in [0.05, 0.1) is 6.10 Å². The predicted octanol–water partition coefficient (Wildman–Crippen LogP) is 3.53. The second-order valence-corrected chi connectivity index (χ2v) is 7.51. The smallest absolute Gasteiger partial charge is 0.223 e. The second-order valence-electron chi connectivity index (χ2n) is 7.12. The van der Waals surface area contributed by atoms with E-state index in [4.69, 9.17) is 17.3 Å². The van der Waals surface area contributed by atoms with Crippen LogP contribution in [-0.2, 0) is 6.42 Å². The molecule has 25 heavy (non-hydrogen) atoms. The lowest BCUT2D eigenvalue weighted by atomic mass is 9.58. The van der Waals surface area contributed by atoms with Crippen molar-refractivity contribution >= 4 is 23.4 Å². The van der Waals surface area contributed by atoms with Crippen LogP contribution < -0.4 is 11.1 Å². The highest BCUT2D eigenvalue weighted by molar-refractivity contribution is 6.29. The van der Waals surface area contributed by atoms with E-state index >= 15 is 0 Å². The van der Waals surface area contributed by atoms with E-state index < -0.39 is 0 Å². The average Bonchev–Trinajstić information content (AvgIpc) is 2.53. The number of anilines is 2. The number of nitrogens with two attached hydrogens (primary N) is 1. The summed E-state index contributed by atoms with van der Waals surface area (Å²) in [5.41, 5.74) is 6.88. The van der Waals surface area contributed by atoms with Gasteiger partial charge in [-0.25, -0.2) is 4.98 Å². The minimum absolute atomic E-state index is 0.118. The molecular formula is C19H25ClN4O. The standard InChI is InChI=1S/C19H25ClN4O/c1-13(25)19(12-22-17-9-16(20)23-18(21)24-17)10-15(11-19)8-7-14-5-3-2-4-6-14/h2-6,9,13,15,25H,7-8,10-12H2,1H3,(H3,21,22,23,24). The molecule has 1 aromatic heterocycles. The highest BCUT2D eigenvalue weighted by Crippen LogP contribution is 2.50. The van der Waals surface area contributed by atoms with Crippen LogP contribution in [0.2, 0.25) is 5.15 Å². The van der Waals surface area contributed by atoms with E-state index in [1.807, 2.05) is 13.0 Å². The van der Waals surface area contributed by atoms with Crippen LogP contribution in [0.4, 0.5) is 11.8 Å². The van der Waals surface area contributed by atoms with Crippen molar-refractivity contribution in [2.75, 3.05) is 17.6 Å². The molecule has 0 saturated heterocycles. The third kappa shape index (κ3) is 4.41. The predicted molar refractivity (Wildman–Crippen MR) is 102 cm³/mol. The molecule has 1 aliphatic rings. The normalized spacial score (nSPS) is 23.7. The van der Waals surface area contributed by atoms with Crippen molar-refractivity contribution in [3.63, 3.8) is 0 Å². The number of halogens is 1. The number of aliphatic hydroxyl groups is 1. The van der Waals surface area contributed by atoms with E-state index in [1.165, 1.54) is 5.56 Å². The summed E-state index contributed by atoms with van der Waals surface area (Å²) in [5.74, 6) is 1.40. The highest BCUT2D eigenvalue weighted by atomic mass is 35.5. The van der Waals surface area contributed by atoms with Crippen molar-refractivity contribution in [3.8, 4) is 0 Å². The number of nitrogens with zero attached hydrogens (tertiary/aromatic N) is 2. The molecule has 1 atom stereocenters. The first-order chi connectivity index (χ1) is 12.0. The van der Waals surface area contributed by atoms with Gasteiger partial charge < -0.3 is 16.2 Å². The molecule has 1 saturated carbocycles. The summed E-state index contributed by atoms with van der Waals surface area (Å²) in [6, 6.07) is 12.2. The fourth-order valence-corrected chi connectivity index (χ4v) is 3.93. The minimum Gasteiger partial charge on any atom is -0.393 e. The van der Waals surface area contributed by atoms with E-state index in [2.05, 4.69) is 39.6 Å². The number of nitrogen functional groups attached to an aromatic ring is 1. The number of rotatable bonds is 7. The van der Waals surface area contributed by atoms with E-state index in [-0.39, 0.29) is 17.5 Å². The third-order valence-corrected chi connectivity index (χ3v) is 5.49. The fraction of sp³-hybridized carbons (Fsp3) is 0.474. The van der Waals surface area contributed by atoms with Gasteiger partial charge in [0.2, 0.25) is 5.95 Å². The number of aryl methyl sites for hydroxylation is 1. The Kier molecular flexibility index (Phi) is 5.45. The van der Waals surface area contributed by atoms with E-state index in [0.717, 1.165) is 25.7 Å². The summed E-state index contributed by atoms with van der Waals surface area (Å²) in [4.78, 5) is 8.00. The Morgan fingerprint density at radius 3 is 2.68 bits per heavy atom. The number of nitrogens with one attached hydrogen (secondary N) is 1. The Balaban J connectivity index is 1.53. The molecule has 0 radical (unpaired) electrons. The van der Waals surface area contributed by atoms with Crippen LogP contribution >= 0.6 is 11.6 Å². The number of benzene rings is 1. The molecule has 5 nitrogen and oxygen atoms in total. The van der Waals surface area contributed by atoms with Crippen molar-refractivity contribution in [1.82, 2.24) is 9.97 Å². The molecule has 1 heterocycles. The molecular weight excluding hydrogens is 336 g/mol. The average molecular weight is 361 g/mol. The van der Waals surface area contributed by atoms with Gasteiger partial charge >= 0.3 is 0 Å². The van der Waals surface area contributed by atoms with Gasteiger partial charge in [0.25, 0.3) is 0 Å². The zero-order valence-corrected chi connectivity index (χ0v) is 15.2. The van der Waals surface area contributed by atoms with Crippen molar-refractivity contribution in [2.45, 2.75) is 38.7 Å². The van der Waals surface area contributed by atoms with Gasteiger partial charge in [0, 0.05) is 18.0 Å². The molecule has 0 bridgehead atoms. The Morgan fingerprint density at radius 2 is 2.04 bits per heavy atom. The SMILES string of the molecule is CC(O)C1(CNc2cc(Cl)nc(N)n2)CC(CCc2ccccc2)C1. The first-order valence-corrected chi connectivity index (χ1v) is 9.10. The molecule has 0 spiro atoms. The molecule has 1 fully saturated rings. The van der Waals surface area contributed by atoms with Crippen molar-refractivity contribution in [1.29, 1.82) is 0 Å². The van der Waals surface area contributed by atoms with Gasteiger partial charge in [-0.05, 0) is 44.1 Å². The van der Waals surface area contributed by atoms with Crippen molar-refractivity contribution in [3.05, 3.63) is 47.1 Å². The molecule has 1 unspecified atom stereocenters. The van der Waals surface area contributed by atoms with Crippen LogP contribution in [-0.4, -0.2) is 27.7 Å². The van der Waals surface area contributed by atoms with Gasteiger partial charge in [0.1, 0.15) is 11.0 Å². The lowest BCUT2D eigenvalue weighted by Crippen LogP contribution is -2.50. The van der Waals surface area contributed by atoms with Crippen LogP contribution in [0.25, 0.3) is 0 Å². The summed E-state index contributed by atoms with van der Waals surface area (Å²) < 4.78 is 0. The molecule has 4 N–H and O–H groups in total. The lowest BCUT2D eigenvalue weighted by molar-refractivity contribution is -0.0523. The molecule has 0 amide bonds. The quantitative estimate of drug-likeness (QED) is 0.658. The Bertz CT molecular complexity index is 682. The lowest BCUT2D eigenvalue weighted by Gasteiger charge is -2.50. The number of hydrogen-bond donors (Lipinski definition) is 3. The van der Waals surface area contributed by atoms with Gasteiger partial charge in [-0.3, -0.25) is 0 Å².